The zero-order valence-electron chi connectivity index (χ0n) is 7.79. The fraction of sp³-hybridized carbons (Fsp3) is 0.273. The van der Waals surface area contributed by atoms with E-state index in [0.717, 1.165) is 12.0 Å². The minimum absolute atomic E-state index is 0.252. The molecule has 0 bridgehead atoms. The van der Waals surface area contributed by atoms with Crippen molar-refractivity contribution >= 4 is 11.3 Å². The standard InChI is InChI=1S/C11H12FNO/c12-11-7-9(13)1-2-10(11)8-3-5-14-6-4-8/h1-3,7H,4-6,13H2. The third kappa shape index (κ3) is 1.77. The lowest BCUT2D eigenvalue weighted by molar-refractivity contribution is 0.161. The Morgan fingerprint density at radius 2 is 2.21 bits per heavy atom. The highest BCUT2D eigenvalue weighted by Gasteiger charge is 2.10. The molecule has 2 N–H and O–H groups in total. The molecule has 1 aromatic carbocycles. The monoisotopic (exact) mass is 193 g/mol. The summed E-state index contributed by atoms with van der Waals surface area (Å²) in [5, 5.41) is 0. The Labute approximate surface area is 82.2 Å². The number of nitrogen functional groups attached to an aromatic ring is 1. The zero-order chi connectivity index (χ0) is 9.97. The van der Waals surface area contributed by atoms with Gasteiger partial charge in [0, 0.05) is 11.3 Å². The van der Waals surface area contributed by atoms with E-state index in [9.17, 15) is 4.39 Å². The minimum atomic E-state index is -0.252. The van der Waals surface area contributed by atoms with Gasteiger partial charge in [0.15, 0.2) is 0 Å². The van der Waals surface area contributed by atoms with Crippen LogP contribution >= 0.6 is 0 Å². The predicted molar refractivity (Wildman–Crippen MR) is 54.2 cm³/mol. The Hall–Kier alpha value is -1.35. The number of anilines is 1. The van der Waals surface area contributed by atoms with Crippen LogP contribution in [0.5, 0.6) is 0 Å². The molecule has 1 aliphatic heterocycles. The number of hydrogen-bond acceptors (Lipinski definition) is 2. The average Bonchev–Trinajstić information content (AvgIpc) is 2.19. The molecule has 0 atom stereocenters. The van der Waals surface area contributed by atoms with E-state index in [4.69, 9.17) is 10.5 Å². The van der Waals surface area contributed by atoms with Crippen molar-refractivity contribution in [1.29, 1.82) is 0 Å². The summed E-state index contributed by atoms with van der Waals surface area (Å²) in [5.74, 6) is -0.252. The molecule has 0 aromatic heterocycles. The van der Waals surface area contributed by atoms with E-state index >= 15 is 0 Å². The van der Waals surface area contributed by atoms with Crippen LogP contribution in [-0.4, -0.2) is 13.2 Å². The molecule has 2 rings (SSSR count). The van der Waals surface area contributed by atoms with Crippen molar-refractivity contribution in [2.75, 3.05) is 18.9 Å². The number of hydrogen-bond donors (Lipinski definition) is 1. The molecule has 2 nitrogen and oxygen atoms in total. The molecule has 0 spiro atoms. The summed E-state index contributed by atoms with van der Waals surface area (Å²) in [6.07, 6.45) is 2.68. The third-order valence-corrected chi connectivity index (χ3v) is 2.30. The zero-order valence-corrected chi connectivity index (χ0v) is 7.79. The van der Waals surface area contributed by atoms with Gasteiger partial charge < -0.3 is 10.5 Å². The molecule has 1 aliphatic rings. The molecule has 0 radical (unpaired) electrons. The molecular formula is C11H12FNO. The van der Waals surface area contributed by atoms with Gasteiger partial charge in [-0.15, -0.1) is 0 Å². The molecule has 74 valence electrons. The Morgan fingerprint density at radius 1 is 1.36 bits per heavy atom. The summed E-state index contributed by atoms with van der Waals surface area (Å²) < 4.78 is 18.6. The minimum Gasteiger partial charge on any atom is -0.399 e. The summed E-state index contributed by atoms with van der Waals surface area (Å²) in [7, 11) is 0. The van der Waals surface area contributed by atoms with Gasteiger partial charge in [-0.05, 0) is 30.2 Å². The molecule has 0 amide bonds. The summed E-state index contributed by atoms with van der Waals surface area (Å²) in [6, 6.07) is 4.79. The lowest BCUT2D eigenvalue weighted by Gasteiger charge is -2.14. The Bertz CT molecular complexity index is 374. The maximum atomic E-state index is 13.5. The van der Waals surface area contributed by atoms with Crippen molar-refractivity contribution in [3.05, 3.63) is 35.7 Å². The molecule has 0 fully saturated rings. The number of rotatable bonds is 1. The van der Waals surface area contributed by atoms with Gasteiger partial charge in [-0.3, -0.25) is 0 Å². The van der Waals surface area contributed by atoms with E-state index in [-0.39, 0.29) is 5.82 Å². The first-order valence-corrected chi connectivity index (χ1v) is 4.59. The number of benzene rings is 1. The topological polar surface area (TPSA) is 35.2 Å². The van der Waals surface area contributed by atoms with Gasteiger partial charge in [-0.25, -0.2) is 4.39 Å². The SMILES string of the molecule is Nc1ccc(C2=CCOCC2)c(F)c1. The van der Waals surface area contributed by atoms with E-state index in [1.54, 1.807) is 12.1 Å². The van der Waals surface area contributed by atoms with Crippen LogP contribution in [0.1, 0.15) is 12.0 Å². The van der Waals surface area contributed by atoms with Crippen LogP contribution in [0.4, 0.5) is 10.1 Å². The van der Waals surface area contributed by atoms with Crippen molar-refractivity contribution in [2.45, 2.75) is 6.42 Å². The van der Waals surface area contributed by atoms with E-state index in [2.05, 4.69) is 0 Å². The van der Waals surface area contributed by atoms with Crippen LogP contribution in [0, 0.1) is 5.82 Å². The molecule has 0 unspecified atom stereocenters. The second kappa shape index (κ2) is 3.80. The summed E-state index contributed by atoms with van der Waals surface area (Å²) in [5.41, 5.74) is 7.58. The van der Waals surface area contributed by atoms with E-state index in [1.165, 1.54) is 6.07 Å². The number of nitrogens with two attached hydrogens (primary N) is 1. The predicted octanol–water partition coefficient (Wildman–Crippen LogP) is 2.21. The molecular weight excluding hydrogens is 181 g/mol. The normalized spacial score (nSPS) is 16.5. The Balaban J connectivity index is 2.35. The molecule has 14 heavy (non-hydrogen) atoms. The smallest absolute Gasteiger partial charge is 0.132 e. The first-order valence-electron chi connectivity index (χ1n) is 4.59. The van der Waals surface area contributed by atoms with Gasteiger partial charge in [-0.1, -0.05) is 6.08 Å². The van der Waals surface area contributed by atoms with E-state index < -0.39 is 0 Å². The van der Waals surface area contributed by atoms with Gasteiger partial charge in [0.25, 0.3) is 0 Å². The molecule has 0 aliphatic carbocycles. The molecule has 0 saturated heterocycles. The highest BCUT2D eigenvalue weighted by Crippen LogP contribution is 2.24. The lowest BCUT2D eigenvalue weighted by atomic mass is 10.0. The largest absolute Gasteiger partial charge is 0.399 e. The summed E-state index contributed by atoms with van der Waals surface area (Å²) in [4.78, 5) is 0. The van der Waals surface area contributed by atoms with Gasteiger partial charge in [-0.2, -0.15) is 0 Å². The Morgan fingerprint density at radius 3 is 2.86 bits per heavy atom. The first kappa shape index (κ1) is 9.21. The summed E-state index contributed by atoms with van der Waals surface area (Å²) in [6.45, 7) is 1.23. The van der Waals surface area contributed by atoms with Crippen LogP contribution in [0.3, 0.4) is 0 Å². The molecule has 3 heteroatoms. The van der Waals surface area contributed by atoms with Crippen molar-refractivity contribution in [3.8, 4) is 0 Å². The van der Waals surface area contributed by atoms with Gasteiger partial charge in [0.05, 0.1) is 13.2 Å². The highest BCUT2D eigenvalue weighted by atomic mass is 19.1. The van der Waals surface area contributed by atoms with Crippen LogP contribution in [0.15, 0.2) is 24.3 Å². The van der Waals surface area contributed by atoms with Crippen molar-refractivity contribution < 1.29 is 9.13 Å². The van der Waals surface area contributed by atoms with Crippen molar-refractivity contribution in [3.63, 3.8) is 0 Å². The average molecular weight is 193 g/mol. The van der Waals surface area contributed by atoms with E-state index in [0.29, 0.717) is 24.5 Å². The molecule has 1 heterocycles. The fourth-order valence-electron chi connectivity index (χ4n) is 1.56. The number of halogens is 1. The van der Waals surface area contributed by atoms with Gasteiger partial charge in [0.1, 0.15) is 5.82 Å². The highest BCUT2D eigenvalue weighted by molar-refractivity contribution is 5.68. The second-order valence-electron chi connectivity index (χ2n) is 3.29. The maximum Gasteiger partial charge on any atom is 0.132 e. The quantitative estimate of drug-likeness (QED) is 0.694. The third-order valence-electron chi connectivity index (χ3n) is 2.30. The lowest BCUT2D eigenvalue weighted by Crippen LogP contribution is -2.05. The summed E-state index contributed by atoms with van der Waals surface area (Å²) >= 11 is 0. The maximum absolute atomic E-state index is 13.5. The van der Waals surface area contributed by atoms with Gasteiger partial charge >= 0.3 is 0 Å². The molecule has 0 saturated carbocycles. The fourth-order valence-corrected chi connectivity index (χ4v) is 1.56. The van der Waals surface area contributed by atoms with Crippen LogP contribution in [-0.2, 0) is 4.74 Å². The number of ether oxygens (including phenoxy) is 1. The second-order valence-corrected chi connectivity index (χ2v) is 3.29. The van der Waals surface area contributed by atoms with Crippen molar-refractivity contribution in [1.82, 2.24) is 0 Å². The first-order chi connectivity index (χ1) is 6.77. The van der Waals surface area contributed by atoms with Gasteiger partial charge in [0.2, 0.25) is 0 Å². The van der Waals surface area contributed by atoms with Crippen LogP contribution in [0.2, 0.25) is 0 Å². The van der Waals surface area contributed by atoms with Crippen LogP contribution < -0.4 is 5.73 Å². The van der Waals surface area contributed by atoms with E-state index in [1.807, 2.05) is 6.08 Å². The van der Waals surface area contributed by atoms with Crippen LogP contribution in [0.25, 0.3) is 5.57 Å². The Kier molecular flexibility index (Phi) is 2.50. The van der Waals surface area contributed by atoms with Crippen molar-refractivity contribution in [2.24, 2.45) is 0 Å². The molecule has 1 aromatic rings.